The van der Waals surface area contributed by atoms with Crippen molar-refractivity contribution in [3.63, 3.8) is 0 Å². The normalized spacial score (nSPS) is 18.7. The fraction of sp³-hybridized carbons (Fsp3) is 0.500. The van der Waals surface area contributed by atoms with Crippen LogP contribution in [0.5, 0.6) is 0 Å². The molecule has 1 unspecified atom stereocenters. The first-order chi connectivity index (χ1) is 8.61. The number of aliphatic hydroxyl groups is 1. The lowest BCUT2D eigenvalue weighted by Gasteiger charge is -2.35. The van der Waals surface area contributed by atoms with E-state index in [0.29, 0.717) is 11.5 Å². The van der Waals surface area contributed by atoms with Gasteiger partial charge in [0.05, 0.1) is 11.8 Å². The number of rotatable bonds is 3. The predicted molar refractivity (Wildman–Crippen MR) is 76.1 cm³/mol. The van der Waals surface area contributed by atoms with Crippen LogP contribution in [0.25, 0.3) is 0 Å². The van der Waals surface area contributed by atoms with Crippen molar-refractivity contribution in [1.29, 1.82) is 0 Å². The summed E-state index contributed by atoms with van der Waals surface area (Å²) in [7, 11) is 0. The van der Waals surface area contributed by atoms with Gasteiger partial charge in [-0.3, -0.25) is 4.79 Å². The summed E-state index contributed by atoms with van der Waals surface area (Å²) in [6.07, 6.45) is 2.67. The van der Waals surface area contributed by atoms with Gasteiger partial charge in [-0.15, -0.1) is 0 Å². The maximum absolute atomic E-state index is 10.7. The first kappa shape index (κ1) is 13.6. The van der Waals surface area contributed by atoms with Crippen LogP contribution in [0, 0.1) is 5.92 Å². The molecule has 1 atom stereocenters. The lowest BCUT2D eigenvalue weighted by molar-refractivity contribution is 0.109. The zero-order valence-electron chi connectivity index (χ0n) is 10.5. The van der Waals surface area contributed by atoms with Gasteiger partial charge in [0, 0.05) is 23.1 Å². The molecule has 3 nitrogen and oxygen atoms in total. The number of hydrogen-bond donors (Lipinski definition) is 1. The molecule has 1 aromatic rings. The van der Waals surface area contributed by atoms with Crippen molar-refractivity contribution in [1.82, 2.24) is 0 Å². The molecule has 0 spiro atoms. The average Bonchev–Trinajstić information content (AvgIpc) is 2.38. The molecule has 0 aromatic heterocycles. The fourth-order valence-corrected chi connectivity index (χ4v) is 3.12. The molecule has 1 aliphatic heterocycles. The van der Waals surface area contributed by atoms with Gasteiger partial charge in [0.2, 0.25) is 0 Å². The van der Waals surface area contributed by atoms with Gasteiger partial charge in [-0.05, 0) is 59.8 Å². The van der Waals surface area contributed by atoms with Crippen LogP contribution in [0.2, 0.25) is 0 Å². The van der Waals surface area contributed by atoms with E-state index in [1.165, 1.54) is 0 Å². The van der Waals surface area contributed by atoms with E-state index in [1.54, 1.807) is 0 Å². The smallest absolute Gasteiger partial charge is 0.150 e. The molecule has 1 aliphatic rings. The Morgan fingerprint density at radius 3 is 2.61 bits per heavy atom. The Bertz CT molecular complexity index is 426. The summed E-state index contributed by atoms with van der Waals surface area (Å²) in [5.41, 5.74) is 1.81. The molecule has 0 saturated carbocycles. The predicted octanol–water partition coefficient (Wildman–Crippen LogP) is 2.86. The van der Waals surface area contributed by atoms with Crippen LogP contribution in [0.1, 0.15) is 30.1 Å². The molecule has 1 N–H and O–H groups in total. The number of piperidine rings is 1. The second kappa shape index (κ2) is 5.85. The van der Waals surface area contributed by atoms with E-state index in [-0.39, 0.29) is 6.10 Å². The summed E-state index contributed by atoms with van der Waals surface area (Å²) in [5.74, 6) is 0.411. The molecular weight excluding hydrogens is 294 g/mol. The summed E-state index contributed by atoms with van der Waals surface area (Å²) in [5, 5.41) is 9.59. The van der Waals surface area contributed by atoms with E-state index in [4.69, 9.17) is 0 Å². The highest BCUT2D eigenvalue weighted by atomic mass is 79.9. The molecule has 0 bridgehead atoms. The third-order valence-corrected chi connectivity index (χ3v) is 4.31. The standard InChI is InChI=1S/C14H18BrNO2/c1-10(18)12-4-6-16(7-5-12)14-3-2-11(9-17)8-13(14)15/h2-3,8-10,12,18H,4-7H2,1H3. The van der Waals surface area contributed by atoms with E-state index in [1.807, 2.05) is 25.1 Å². The topological polar surface area (TPSA) is 40.5 Å². The lowest BCUT2D eigenvalue weighted by Crippen LogP contribution is -2.37. The molecule has 4 heteroatoms. The van der Waals surface area contributed by atoms with Gasteiger partial charge < -0.3 is 10.0 Å². The molecule has 1 heterocycles. The van der Waals surface area contributed by atoms with E-state index in [0.717, 1.165) is 42.4 Å². The number of benzene rings is 1. The Hall–Kier alpha value is -0.870. The SMILES string of the molecule is CC(O)C1CCN(c2ccc(C=O)cc2Br)CC1. The molecule has 18 heavy (non-hydrogen) atoms. The van der Waals surface area contributed by atoms with E-state index < -0.39 is 0 Å². The van der Waals surface area contributed by atoms with Gasteiger partial charge in [0.15, 0.2) is 0 Å². The van der Waals surface area contributed by atoms with E-state index in [2.05, 4.69) is 20.8 Å². The van der Waals surface area contributed by atoms with Crippen molar-refractivity contribution < 1.29 is 9.90 Å². The summed E-state index contributed by atoms with van der Waals surface area (Å²) < 4.78 is 0.961. The zero-order chi connectivity index (χ0) is 13.1. The van der Waals surface area contributed by atoms with Gasteiger partial charge in [-0.25, -0.2) is 0 Å². The lowest BCUT2D eigenvalue weighted by atomic mass is 9.92. The highest BCUT2D eigenvalue weighted by molar-refractivity contribution is 9.10. The average molecular weight is 312 g/mol. The van der Waals surface area contributed by atoms with Crippen LogP contribution in [-0.4, -0.2) is 30.6 Å². The van der Waals surface area contributed by atoms with Crippen LogP contribution in [0.3, 0.4) is 0 Å². The number of aliphatic hydroxyl groups excluding tert-OH is 1. The minimum absolute atomic E-state index is 0.215. The molecule has 1 saturated heterocycles. The second-order valence-corrected chi connectivity index (χ2v) is 5.75. The number of carbonyl (C=O) groups excluding carboxylic acids is 1. The van der Waals surface area contributed by atoms with Crippen LogP contribution >= 0.6 is 15.9 Å². The maximum Gasteiger partial charge on any atom is 0.150 e. The van der Waals surface area contributed by atoms with Gasteiger partial charge in [-0.2, -0.15) is 0 Å². The van der Waals surface area contributed by atoms with Gasteiger partial charge in [0.25, 0.3) is 0 Å². The number of halogens is 1. The van der Waals surface area contributed by atoms with Crippen molar-refractivity contribution >= 4 is 27.9 Å². The Balaban J connectivity index is 2.07. The van der Waals surface area contributed by atoms with Gasteiger partial charge in [0.1, 0.15) is 6.29 Å². The zero-order valence-corrected chi connectivity index (χ0v) is 12.1. The third-order valence-electron chi connectivity index (χ3n) is 3.67. The van der Waals surface area contributed by atoms with Gasteiger partial charge >= 0.3 is 0 Å². The van der Waals surface area contributed by atoms with Crippen molar-refractivity contribution in [2.75, 3.05) is 18.0 Å². The van der Waals surface area contributed by atoms with Crippen molar-refractivity contribution in [3.8, 4) is 0 Å². The first-order valence-electron chi connectivity index (χ1n) is 6.29. The van der Waals surface area contributed by atoms with E-state index >= 15 is 0 Å². The van der Waals surface area contributed by atoms with Gasteiger partial charge in [-0.1, -0.05) is 0 Å². The fourth-order valence-electron chi connectivity index (χ4n) is 2.48. The summed E-state index contributed by atoms with van der Waals surface area (Å²) >= 11 is 3.52. The van der Waals surface area contributed by atoms with Crippen LogP contribution in [0.4, 0.5) is 5.69 Å². The highest BCUT2D eigenvalue weighted by Gasteiger charge is 2.23. The summed E-state index contributed by atoms with van der Waals surface area (Å²) in [6.45, 7) is 3.78. The number of hydrogen-bond acceptors (Lipinski definition) is 3. The quantitative estimate of drug-likeness (QED) is 0.873. The van der Waals surface area contributed by atoms with Crippen LogP contribution in [0.15, 0.2) is 22.7 Å². The molecular formula is C14H18BrNO2. The number of anilines is 1. The molecule has 1 aromatic carbocycles. The molecule has 0 amide bonds. The summed E-state index contributed by atoms with van der Waals surface area (Å²) in [6, 6.07) is 5.67. The van der Waals surface area contributed by atoms with E-state index in [9.17, 15) is 9.90 Å². The summed E-state index contributed by atoms with van der Waals surface area (Å²) in [4.78, 5) is 13.0. The molecule has 98 valence electrons. The third kappa shape index (κ3) is 2.93. The monoisotopic (exact) mass is 311 g/mol. The largest absolute Gasteiger partial charge is 0.393 e. The van der Waals surface area contributed by atoms with Crippen molar-refractivity contribution in [2.45, 2.75) is 25.9 Å². The Labute approximate surface area is 116 Å². The number of aldehydes is 1. The Morgan fingerprint density at radius 2 is 2.11 bits per heavy atom. The number of nitrogens with zero attached hydrogens (tertiary/aromatic N) is 1. The van der Waals surface area contributed by atoms with Crippen LogP contribution < -0.4 is 4.90 Å². The first-order valence-corrected chi connectivity index (χ1v) is 7.09. The number of carbonyl (C=O) groups is 1. The Kier molecular flexibility index (Phi) is 4.40. The van der Waals surface area contributed by atoms with Crippen LogP contribution in [-0.2, 0) is 0 Å². The molecule has 0 aliphatic carbocycles. The molecule has 1 fully saturated rings. The van der Waals surface area contributed by atoms with Crippen molar-refractivity contribution in [2.24, 2.45) is 5.92 Å². The molecule has 2 rings (SSSR count). The second-order valence-electron chi connectivity index (χ2n) is 4.89. The highest BCUT2D eigenvalue weighted by Crippen LogP contribution is 2.31. The Morgan fingerprint density at radius 1 is 1.44 bits per heavy atom. The minimum atomic E-state index is -0.215. The minimum Gasteiger partial charge on any atom is -0.393 e. The van der Waals surface area contributed by atoms with Crippen molar-refractivity contribution in [3.05, 3.63) is 28.2 Å². The maximum atomic E-state index is 10.7. The molecule has 0 radical (unpaired) electrons.